The summed E-state index contributed by atoms with van der Waals surface area (Å²) in [6, 6.07) is 18.1. The molecule has 0 spiro atoms. The molecule has 0 saturated heterocycles. The minimum absolute atomic E-state index is 0.231. The van der Waals surface area contributed by atoms with E-state index in [1.807, 2.05) is 50.2 Å². The summed E-state index contributed by atoms with van der Waals surface area (Å²) in [6.07, 6.45) is 0. The van der Waals surface area contributed by atoms with E-state index >= 15 is 0 Å². The van der Waals surface area contributed by atoms with Gasteiger partial charge >= 0.3 is 0 Å². The molecule has 124 valence electrons. The number of fused-ring (bicyclic) bond motifs is 1. The zero-order valence-electron chi connectivity index (χ0n) is 13.5. The lowest BCUT2D eigenvalue weighted by atomic mass is 10.1. The van der Waals surface area contributed by atoms with Crippen molar-refractivity contribution in [3.8, 4) is 0 Å². The Labute approximate surface area is 147 Å². The number of nitrogens with zero attached hydrogens (tertiary/aromatic N) is 1. The van der Waals surface area contributed by atoms with Crippen molar-refractivity contribution in [1.29, 1.82) is 0 Å². The lowest BCUT2D eigenvalue weighted by Crippen LogP contribution is -2.31. The summed E-state index contributed by atoms with van der Waals surface area (Å²) in [5, 5.41) is 1.81. The van der Waals surface area contributed by atoms with Gasteiger partial charge in [-0.05, 0) is 49.1 Å². The third-order valence-electron chi connectivity index (χ3n) is 3.96. The van der Waals surface area contributed by atoms with E-state index in [9.17, 15) is 8.42 Å². The normalized spacial score (nSPS) is 11.6. The zero-order chi connectivity index (χ0) is 17.3. The van der Waals surface area contributed by atoms with Crippen molar-refractivity contribution in [2.24, 2.45) is 0 Å². The number of halogens is 1. The van der Waals surface area contributed by atoms with Gasteiger partial charge in [0.25, 0.3) is 10.0 Å². The summed E-state index contributed by atoms with van der Waals surface area (Å²) in [5.41, 5.74) is 1.67. The Balaban J connectivity index is 2.24. The van der Waals surface area contributed by atoms with Crippen LogP contribution in [0.3, 0.4) is 0 Å². The zero-order valence-corrected chi connectivity index (χ0v) is 15.1. The van der Waals surface area contributed by atoms with Crippen LogP contribution >= 0.6 is 11.6 Å². The number of anilines is 1. The van der Waals surface area contributed by atoms with Crippen molar-refractivity contribution in [3.63, 3.8) is 0 Å². The first-order valence-corrected chi connectivity index (χ1v) is 9.53. The molecule has 0 saturated carbocycles. The molecule has 3 aromatic carbocycles. The summed E-state index contributed by atoms with van der Waals surface area (Å²) < 4.78 is 28.0. The van der Waals surface area contributed by atoms with E-state index in [2.05, 4.69) is 0 Å². The van der Waals surface area contributed by atoms with Crippen molar-refractivity contribution in [2.45, 2.75) is 18.7 Å². The van der Waals surface area contributed by atoms with Gasteiger partial charge in [0.15, 0.2) is 0 Å². The molecule has 0 unspecified atom stereocenters. The Hall–Kier alpha value is -2.04. The fraction of sp³-hybridized carbons (Fsp3) is 0.158. The molecule has 0 atom stereocenters. The quantitative estimate of drug-likeness (QED) is 0.656. The average molecular weight is 360 g/mol. The van der Waals surface area contributed by atoms with Crippen molar-refractivity contribution < 1.29 is 8.42 Å². The number of rotatable bonds is 4. The molecule has 0 aromatic heterocycles. The fourth-order valence-electron chi connectivity index (χ4n) is 2.87. The molecule has 3 aromatic rings. The van der Waals surface area contributed by atoms with Crippen LogP contribution in [0.15, 0.2) is 65.6 Å². The van der Waals surface area contributed by atoms with E-state index in [0.717, 1.165) is 10.9 Å². The van der Waals surface area contributed by atoms with E-state index in [4.69, 9.17) is 11.6 Å². The highest BCUT2D eigenvalue weighted by molar-refractivity contribution is 7.93. The topological polar surface area (TPSA) is 37.4 Å². The van der Waals surface area contributed by atoms with Crippen molar-refractivity contribution in [2.75, 3.05) is 10.8 Å². The highest BCUT2D eigenvalue weighted by Crippen LogP contribution is 2.33. The molecule has 3 rings (SSSR count). The highest BCUT2D eigenvalue weighted by Gasteiger charge is 2.26. The first-order chi connectivity index (χ1) is 11.4. The lowest BCUT2D eigenvalue weighted by Gasteiger charge is -2.24. The Kier molecular flexibility index (Phi) is 4.52. The molecule has 0 N–H and O–H groups in total. The Bertz CT molecular complexity index is 994. The third-order valence-corrected chi connectivity index (χ3v) is 6.22. The molecule has 3 nitrogen and oxygen atoms in total. The number of hydrogen-bond acceptors (Lipinski definition) is 2. The van der Waals surface area contributed by atoms with Crippen LogP contribution in [-0.2, 0) is 10.0 Å². The molecule has 5 heteroatoms. The van der Waals surface area contributed by atoms with Gasteiger partial charge in [-0.3, -0.25) is 4.31 Å². The maximum absolute atomic E-state index is 13.3. The summed E-state index contributed by atoms with van der Waals surface area (Å²) >= 11 is 6.30. The monoisotopic (exact) mass is 359 g/mol. The second-order valence-corrected chi connectivity index (χ2v) is 7.84. The fourth-order valence-corrected chi connectivity index (χ4v) is 4.91. The molecule has 0 aliphatic heterocycles. The first-order valence-electron chi connectivity index (χ1n) is 7.72. The minimum atomic E-state index is -3.72. The molecular weight excluding hydrogens is 342 g/mol. The second kappa shape index (κ2) is 6.46. The number of benzene rings is 3. The Morgan fingerprint density at radius 1 is 1.00 bits per heavy atom. The first kappa shape index (κ1) is 16.8. The molecule has 0 radical (unpaired) electrons. The number of aryl methyl sites for hydroxylation is 1. The Morgan fingerprint density at radius 3 is 2.33 bits per heavy atom. The predicted octanol–water partition coefficient (Wildman–Crippen LogP) is 5.02. The molecule has 0 heterocycles. The molecule has 0 bridgehead atoms. The summed E-state index contributed by atoms with van der Waals surface area (Å²) in [7, 11) is -3.72. The molecule has 24 heavy (non-hydrogen) atoms. The Morgan fingerprint density at radius 2 is 1.67 bits per heavy atom. The van der Waals surface area contributed by atoms with Crippen LogP contribution in [0, 0.1) is 6.92 Å². The highest BCUT2D eigenvalue weighted by atomic mass is 35.5. The predicted molar refractivity (Wildman–Crippen MR) is 100 cm³/mol. The second-order valence-electron chi connectivity index (χ2n) is 5.60. The smallest absolute Gasteiger partial charge is 0.264 e. The molecular formula is C19H18ClNO2S. The summed E-state index contributed by atoms with van der Waals surface area (Å²) in [4.78, 5) is 0.231. The van der Waals surface area contributed by atoms with Crippen LogP contribution in [0.5, 0.6) is 0 Å². The van der Waals surface area contributed by atoms with Gasteiger partial charge in [0, 0.05) is 17.0 Å². The van der Waals surface area contributed by atoms with Crippen LogP contribution in [0.2, 0.25) is 5.02 Å². The van der Waals surface area contributed by atoms with Crippen molar-refractivity contribution >= 4 is 38.1 Å². The standard InChI is InChI=1S/C19H18ClNO2S/c1-3-21(16-10-4-7-14(2)13-16)24(22,23)18-12-6-9-15-8-5-11-17(20)19(15)18/h4-13H,3H2,1-2H3. The van der Waals surface area contributed by atoms with Gasteiger partial charge in [0.1, 0.15) is 0 Å². The molecule has 0 aliphatic rings. The molecule has 0 amide bonds. The molecule has 0 fully saturated rings. The SMILES string of the molecule is CCN(c1cccc(C)c1)S(=O)(=O)c1cccc2cccc(Cl)c12. The number of hydrogen-bond donors (Lipinski definition) is 0. The van der Waals surface area contributed by atoms with E-state index in [-0.39, 0.29) is 4.90 Å². The molecule has 0 aliphatic carbocycles. The third kappa shape index (κ3) is 2.87. The van der Waals surface area contributed by atoms with Gasteiger partial charge < -0.3 is 0 Å². The summed E-state index contributed by atoms with van der Waals surface area (Å²) in [5.74, 6) is 0. The van der Waals surface area contributed by atoms with Gasteiger partial charge in [-0.2, -0.15) is 0 Å². The maximum Gasteiger partial charge on any atom is 0.264 e. The van der Waals surface area contributed by atoms with Gasteiger partial charge in [-0.15, -0.1) is 0 Å². The van der Waals surface area contributed by atoms with E-state index < -0.39 is 10.0 Å². The van der Waals surface area contributed by atoms with Gasteiger partial charge in [-0.25, -0.2) is 8.42 Å². The van der Waals surface area contributed by atoms with Crippen molar-refractivity contribution in [3.05, 3.63) is 71.2 Å². The van der Waals surface area contributed by atoms with Crippen molar-refractivity contribution in [1.82, 2.24) is 0 Å². The van der Waals surface area contributed by atoms with Gasteiger partial charge in [0.05, 0.1) is 10.6 Å². The van der Waals surface area contributed by atoms with Crippen LogP contribution < -0.4 is 4.31 Å². The number of sulfonamides is 1. The van der Waals surface area contributed by atoms with Crippen LogP contribution in [0.25, 0.3) is 10.8 Å². The van der Waals surface area contributed by atoms with E-state index in [1.54, 1.807) is 24.3 Å². The van der Waals surface area contributed by atoms with Crippen LogP contribution in [0.4, 0.5) is 5.69 Å². The van der Waals surface area contributed by atoms with Crippen LogP contribution in [0.1, 0.15) is 12.5 Å². The van der Waals surface area contributed by atoms with Crippen LogP contribution in [-0.4, -0.2) is 15.0 Å². The summed E-state index contributed by atoms with van der Waals surface area (Å²) in [6.45, 7) is 4.11. The van der Waals surface area contributed by atoms with E-state index in [0.29, 0.717) is 22.6 Å². The van der Waals surface area contributed by atoms with E-state index in [1.165, 1.54) is 4.31 Å². The lowest BCUT2D eigenvalue weighted by molar-refractivity contribution is 0.593. The average Bonchev–Trinajstić information content (AvgIpc) is 2.55. The minimum Gasteiger partial charge on any atom is -0.267 e. The largest absolute Gasteiger partial charge is 0.267 e. The van der Waals surface area contributed by atoms with Gasteiger partial charge in [-0.1, -0.05) is 48.0 Å². The van der Waals surface area contributed by atoms with Gasteiger partial charge in [0.2, 0.25) is 0 Å². The maximum atomic E-state index is 13.3.